The molecule has 1 saturated heterocycles. The molecule has 1 aliphatic heterocycles. The summed E-state index contributed by atoms with van der Waals surface area (Å²) in [6, 6.07) is 8.08. The van der Waals surface area contributed by atoms with Crippen LogP contribution in [0.3, 0.4) is 0 Å². The Morgan fingerprint density at radius 2 is 2.09 bits per heavy atom. The van der Waals surface area contributed by atoms with E-state index >= 15 is 0 Å². The number of hydrogen-bond acceptors (Lipinski definition) is 4. The van der Waals surface area contributed by atoms with Crippen LogP contribution in [-0.4, -0.2) is 37.8 Å². The van der Waals surface area contributed by atoms with Crippen molar-refractivity contribution in [3.63, 3.8) is 0 Å². The van der Waals surface area contributed by atoms with Gasteiger partial charge < -0.3 is 4.90 Å². The summed E-state index contributed by atoms with van der Waals surface area (Å²) in [5.41, 5.74) is 3.19. The van der Waals surface area contributed by atoms with Gasteiger partial charge in [0.15, 0.2) is 0 Å². The molecular weight excluding hydrogens is 310 g/mol. The number of nitrogens with zero attached hydrogens (tertiary/aromatic N) is 2. The Balaban J connectivity index is 1.89. The van der Waals surface area contributed by atoms with E-state index in [0.717, 1.165) is 23.1 Å². The molecule has 0 bridgehead atoms. The van der Waals surface area contributed by atoms with Crippen LogP contribution in [0.4, 0.5) is 5.69 Å². The van der Waals surface area contributed by atoms with Gasteiger partial charge in [0.25, 0.3) is 0 Å². The lowest BCUT2D eigenvalue weighted by atomic mass is 10.1. The molecule has 0 amide bonds. The van der Waals surface area contributed by atoms with Crippen molar-refractivity contribution in [2.24, 2.45) is 0 Å². The Kier molecular flexibility index (Phi) is 4.29. The monoisotopic (exact) mass is 333 g/mol. The van der Waals surface area contributed by atoms with Gasteiger partial charge in [0.05, 0.1) is 10.8 Å². The van der Waals surface area contributed by atoms with Gasteiger partial charge in [0.2, 0.25) is 10.0 Å². The average Bonchev–Trinajstić information content (AvgIpc) is 2.95. The van der Waals surface area contributed by atoms with Crippen LogP contribution in [0.15, 0.2) is 30.5 Å². The van der Waals surface area contributed by atoms with Crippen LogP contribution in [-0.2, 0) is 10.0 Å². The molecule has 1 aromatic carbocycles. The summed E-state index contributed by atoms with van der Waals surface area (Å²) in [5.74, 6) is 0. The van der Waals surface area contributed by atoms with Crippen molar-refractivity contribution in [2.45, 2.75) is 38.5 Å². The molecule has 1 fully saturated rings. The lowest BCUT2D eigenvalue weighted by Gasteiger charge is -2.21. The molecule has 5 nitrogen and oxygen atoms in total. The van der Waals surface area contributed by atoms with E-state index in [4.69, 9.17) is 0 Å². The molecule has 1 aliphatic rings. The maximum atomic E-state index is 12.4. The standard InChI is InChI=1S/C17H23N3O2S/c1-12(2)19-23(21,22)14-7-9-20(11-14)17-6-8-18-16-5-4-13(3)10-15(16)17/h4-6,8,10,12,14,19H,7,9,11H2,1-3H3. The van der Waals surface area contributed by atoms with Gasteiger partial charge in [-0.25, -0.2) is 13.1 Å². The summed E-state index contributed by atoms with van der Waals surface area (Å²) in [6.45, 7) is 7.03. The molecule has 0 spiro atoms. The zero-order valence-electron chi connectivity index (χ0n) is 13.8. The molecule has 124 valence electrons. The largest absolute Gasteiger partial charge is 0.370 e. The van der Waals surface area contributed by atoms with Gasteiger partial charge in [-0.15, -0.1) is 0 Å². The molecule has 0 radical (unpaired) electrons. The normalized spacial score (nSPS) is 19.0. The Labute approximate surface area is 137 Å². The van der Waals surface area contributed by atoms with Crippen LogP contribution in [0.2, 0.25) is 0 Å². The Bertz CT molecular complexity index is 818. The number of nitrogens with one attached hydrogen (secondary N) is 1. The second-order valence-electron chi connectivity index (χ2n) is 6.52. The third kappa shape index (κ3) is 3.33. The fourth-order valence-corrected chi connectivity index (χ4v) is 4.79. The molecule has 2 heterocycles. The smallest absolute Gasteiger partial charge is 0.216 e. The van der Waals surface area contributed by atoms with Crippen molar-refractivity contribution in [3.05, 3.63) is 36.0 Å². The number of benzene rings is 1. The van der Waals surface area contributed by atoms with Gasteiger partial charge in [-0.1, -0.05) is 11.6 Å². The van der Waals surface area contributed by atoms with Gasteiger partial charge in [-0.3, -0.25) is 4.98 Å². The van der Waals surface area contributed by atoms with E-state index in [1.165, 1.54) is 5.56 Å². The number of hydrogen-bond donors (Lipinski definition) is 1. The topological polar surface area (TPSA) is 62.3 Å². The SMILES string of the molecule is Cc1ccc2nccc(N3CCC(S(=O)(=O)NC(C)C)C3)c2c1. The van der Waals surface area contributed by atoms with Crippen LogP contribution < -0.4 is 9.62 Å². The van der Waals surface area contributed by atoms with E-state index < -0.39 is 10.0 Å². The lowest BCUT2D eigenvalue weighted by Crippen LogP contribution is -2.39. The Hall–Kier alpha value is -1.66. The quantitative estimate of drug-likeness (QED) is 0.933. The summed E-state index contributed by atoms with van der Waals surface area (Å²) in [5, 5.41) is 0.722. The third-order valence-electron chi connectivity index (χ3n) is 4.20. The first-order chi connectivity index (χ1) is 10.9. The van der Waals surface area contributed by atoms with Crippen LogP contribution in [0.5, 0.6) is 0 Å². The molecule has 1 atom stereocenters. The highest BCUT2D eigenvalue weighted by molar-refractivity contribution is 7.90. The highest BCUT2D eigenvalue weighted by Crippen LogP contribution is 2.30. The molecule has 3 rings (SSSR count). The summed E-state index contributed by atoms with van der Waals surface area (Å²) in [4.78, 5) is 6.56. The number of anilines is 1. The van der Waals surface area contributed by atoms with E-state index in [2.05, 4.69) is 27.6 Å². The fraction of sp³-hybridized carbons (Fsp3) is 0.471. The highest BCUT2D eigenvalue weighted by atomic mass is 32.2. The molecule has 0 aliphatic carbocycles. The van der Waals surface area contributed by atoms with Crippen LogP contribution in [0, 0.1) is 6.92 Å². The predicted molar refractivity (Wildman–Crippen MR) is 94.3 cm³/mol. The van der Waals surface area contributed by atoms with Crippen LogP contribution in [0.1, 0.15) is 25.8 Å². The number of sulfonamides is 1. The Morgan fingerprint density at radius 3 is 2.83 bits per heavy atom. The predicted octanol–water partition coefficient (Wildman–Crippen LogP) is 2.45. The van der Waals surface area contributed by atoms with E-state index in [1.807, 2.05) is 32.0 Å². The molecule has 2 aromatic rings. The van der Waals surface area contributed by atoms with Crippen molar-refractivity contribution in [1.82, 2.24) is 9.71 Å². The van der Waals surface area contributed by atoms with Crippen molar-refractivity contribution in [2.75, 3.05) is 18.0 Å². The number of aryl methyl sites for hydroxylation is 1. The first-order valence-electron chi connectivity index (χ1n) is 7.98. The molecule has 1 aromatic heterocycles. The second-order valence-corrected chi connectivity index (χ2v) is 8.52. The highest BCUT2D eigenvalue weighted by Gasteiger charge is 2.33. The van der Waals surface area contributed by atoms with Crippen LogP contribution in [0.25, 0.3) is 10.9 Å². The number of rotatable bonds is 4. The van der Waals surface area contributed by atoms with Gasteiger partial charge in [-0.2, -0.15) is 0 Å². The molecule has 23 heavy (non-hydrogen) atoms. The number of aromatic nitrogens is 1. The number of fused-ring (bicyclic) bond motifs is 1. The maximum Gasteiger partial charge on any atom is 0.216 e. The summed E-state index contributed by atoms with van der Waals surface area (Å²) in [7, 11) is -3.27. The molecular formula is C17H23N3O2S. The van der Waals surface area contributed by atoms with E-state index in [9.17, 15) is 8.42 Å². The van der Waals surface area contributed by atoms with Gasteiger partial charge >= 0.3 is 0 Å². The summed E-state index contributed by atoms with van der Waals surface area (Å²) < 4.78 is 27.5. The minimum absolute atomic E-state index is 0.0709. The van der Waals surface area contributed by atoms with E-state index in [-0.39, 0.29) is 11.3 Å². The third-order valence-corrected chi connectivity index (χ3v) is 6.26. The van der Waals surface area contributed by atoms with Gasteiger partial charge in [0, 0.05) is 36.4 Å². The van der Waals surface area contributed by atoms with E-state index in [1.54, 1.807) is 6.20 Å². The first-order valence-corrected chi connectivity index (χ1v) is 9.53. The van der Waals surface area contributed by atoms with Crippen molar-refractivity contribution in [3.8, 4) is 0 Å². The minimum Gasteiger partial charge on any atom is -0.370 e. The zero-order valence-corrected chi connectivity index (χ0v) is 14.6. The van der Waals surface area contributed by atoms with E-state index in [0.29, 0.717) is 13.0 Å². The molecule has 6 heteroatoms. The first kappa shape index (κ1) is 16.2. The van der Waals surface area contributed by atoms with Gasteiger partial charge in [-0.05, 0) is 45.4 Å². The van der Waals surface area contributed by atoms with Crippen molar-refractivity contribution < 1.29 is 8.42 Å². The zero-order chi connectivity index (χ0) is 16.6. The number of pyridine rings is 1. The summed E-state index contributed by atoms with van der Waals surface area (Å²) >= 11 is 0. The lowest BCUT2D eigenvalue weighted by molar-refractivity contribution is 0.557. The average molecular weight is 333 g/mol. The molecule has 1 N–H and O–H groups in total. The van der Waals surface area contributed by atoms with Crippen LogP contribution >= 0.6 is 0 Å². The second kappa shape index (κ2) is 6.09. The molecule has 1 unspecified atom stereocenters. The van der Waals surface area contributed by atoms with Gasteiger partial charge in [0.1, 0.15) is 0 Å². The maximum absolute atomic E-state index is 12.4. The molecule has 0 saturated carbocycles. The van der Waals surface area contributed by atoms with Crippen molar-refractivity contribution in [1.29, 1.82) is 0 Å². The summed E-state index contributed by atoms with van der Waals surface area (Å²) in [6.07, 6.45) is 2.44. The minimum atomic E-state index is -3.27. The fourth-order valence-electron chi connectivity index (χ4n) is 3.15. The van der Waals surface area contributed by atoms with Crippen molar-refractivity contribution >= 4 is 26.6 Å². The Morgan fingerprint density at radius 1 is 1.30 bits per heavy atom.